The predicted molar refractivity (Wildman–Crippen MR) is 101 cm³/mol. The average Bonchev–Trinajstić information content (AvgIpc) is 2.59. The zero-order valence-corrected chi connectivity index (χ0v) is 14.8. The fraction of sp³-hybridized carbons (Fsp3) is 0.182. The van der Waals surface area contributed by atoms with E-state index in [1.807, 2.05) is 38.1 Å². The Bertz CT molecular complexity index is 865. The molecule has 0 bridgehead atoms. The van der Waals surface area contributed by atoms with Gasteiger partial charge in [0, 0.05) is 0 Å². The molecular weight excluding hydrogens is 328 g/mol. The monoisotopic (exact) mass is 350 g/mol. The minimum atomic E-state index is -0.107. The van der Waals surface area contributed by atoms with E-state index >= 15 is 0 Å². The van der Waals surface area contributed by atoms with Crippen molar-refractivity contribution in [1.82, 2.24) is 0 Å². The molecular formula is C22H22O4. The minimum Gasteiger partial charge on any atom is -0.504 e. The van der Waals surface area contributed by atoms with Crippen molar-refractivity contribution in [3.63, 3.8) is 0 Å². The van der Waals surface area contributed by atoms with Crippen molar-refractivity contribution in [2.45, 2.75) is 26.7 Å². The maximum atomic E-state index is 9.69. The highest BCUT2D eigenvalue weighted by molar-refractivity contribution is 5.48. The van der Waals surface area contributed by atoms with Gasteiger partial charge in [-0.3, -0.25) is 0 Å². The highest BCUT2D eigenvalue weighted by Crippen LogP contribution is 2.30. The van der Waals surface area contributed by atoms with Crippen molar-refractivity contribution >= 4 is 0 Å². The van der Waals surface area contributed by atoms with Crippen LogP contribution >= 0.6 is 0 Å². The summed E-state index contributed by atoms with van der Waals surface area (Å²) in [5, 5.41) is 38.5. The lowest BCUT2D eigenvalue weighted by Gasteiger charge is -2.10. The maximum Gasteiger partial charge on any atom is 0.157 e. The fourth-order valence-electron chi connectivity index (χ4n) is 3.04. The van der Waals surface area contributed by atoms with Crippen molar-refractivity contribution in [3.05, 3.63) is 81.9 Å². The van der Waals surface area contributed by atoms with Crippen molar-refractivity contribution < 1.29 is 20.4 Å². The van der Waals surface area contributed by atoms with Gasteiger partial charge < -0.3 is 20.4 Å². The van der Waals surface area contributed by atoms with Gasteiger partial charge in [0.1, 0.15) is 0 Å². The summed E-state index contributed by atoms with van der Waals surface area (Å²) in [5.74, 6) is -0.419. The Labute approximate surface area is 152 Å². The minimum absolute atomic E-state index is 0.103. The number of hydrogen-bond acceptors (Lipinski definition) is 4. The van der Waals surface area contributed by atoms with Gasteiger partial charge in [-0.25, -0.2) is 0 Å². The quantitative estimate of drug-likeness (QED) is 0.529. The molecule has 134 valence electrons. The molecule has 0 aliphatic carbocycles. The molecule has 0 amide bonds. The van der Waals surface area contributed by atoms with Gasteiger partial charge in [0.25, 0.3) is 0 Å². The summed E-state index contributed by atoms with van der Waals surface area (Å²) in [6.07, 6.45) is 1.33. The normalized spacial score (nSPS) is 10.8. The second kappa shape index (κ2) is 7.00. The van der Waals surface area contributed by atoms with Gasteiger partial charge >= 0.3 is 0 Å². The molecule has 4 heteroatoms. The molecule has 3 aromatic carbocycles. The van der Waals surface area contributed by atoms with E-state index in [1.54, 1.807) is 24.3 Å². The summed E-state index contributed by atoms with van der Waals surface area (Å²) < 4.78 is 0. The summed E-state index contributed by atoms with van der Waals surface area (Å²) in [5.41, 5.74) is 6.00. The number of aryl methyl sites for hydroxylation is 2. The van der Waals surface area contributed by atoms with Gasteiger partial charge in [0.2, 0.25) is 0 Å². The van der Waals surface area contributed by atoms with Crippen molar-refractivity contribution in [2.75, 3.05) is 0 Å². The van der Waals surface area contributed by atoms with Crippen LogP contribution in [0.15, 0.2) is 48.5 Å². The largest absolute Gasteiger partial charge is 0.504 e. The number of phenols is 4. The Balaban J connectivity index is 1.77. The fourth-order valence-corrected chi connectivity index (χ4v) is 3.04. The van der Waals surface area contributed by atoms with Gasteiger partial charge in [-0.1, -0.05) is 24.3 Å². The van der Waals surface area contributed by atoms with E-state index in [9.17, 15) is 20.4 Å². The van der Waals surface area contributed by atoms with Crippen molar-refractivity contribution in [2.24, 2.45) is 0 Å². The molecule has 0 radical (unpaired) electrons. The van der Waals surface area contributed by atoms with E-state index in [0.29, 0.717) is 12.8 Å². The molecule has 0 heterocycles. The van der Waals surface area contributed by atoms with Crippen LogP contribution in [0.5, 0.6) is 23.0 Å². The highest BCUT2D eigenvalue weighted by Gasteiger charge is 2.08. The molecule has 3 aromatic rings. The SMILES string of the molecule is Cc1cc(O)c(O)cc1Cc1ccc(Cc2cc(O)c(O)cc2C)cc1. The number of hydrogen-bond donors (Lipinski definition) is 4. The summed E-state index contributed by atoms with van der Waals surface area (Å²) in [6, 6.07) is 14.5. The van der Waals surface area contributed by atoms with Crippen LogP contribution in [0.25, 0.3) is 0 Å². The third-order valence-electron chi connectivity index (χ3n) is 4.68. The summed E-state index contributed by atoms with van der Waals surface area (Å²) in [7, 11) is 0. The predicted octanol–water partition coefficient (Wildman–Crippen LogP) is 4.31. The second-order valence-corrected chi connectivity index (χ2v) is 6.70. The van der Waals surface area contributed by atoms with E-state index in [0.717, 1.165) is 33.4 Å². The Morgan fingerprint density at radius 3 is 1.19 bits per heavy atom. The molecule has 0 aromatic heterocycles. The van der Waals surface area contributed by atoms with Crippen LogP contribution in [0, 0.1) is 13.8 Å². The molecule has 0 aliphatic rings. The molecule has 4 N–H and O–H groups in total. The van der Waals surface area contributed by atoms with E-state index < -0.39 is 0 Å². The Kier molecular flexibility index (Phi) is 4.76. The standard InChI is InChI=1S/C22H22O4/c1-13-7-19(23)21(25)11-17(13)9-15-3-5-16(6-4-15)10-18-12-22(26)20(24)8-14(18)2/h3-8,11-12,23-26H,9-10H2,1-2H3. The topological polar surface area (TPSA) is 80.9 Å². The van der Waals surface area contributed by atoms with Gasteiger partial charge in [-0.15, -0.1) is 0 Å². The van der Waals surface area contributed by atoms with E-state index in [-0.39, 0.29) is 23.0 Å². The van der Waals surface area contributed by atoms with Crippen molar-refractivity contribution in [3.8, 4) is 23.0 Å². The molecule has 4 nitrogen and oxygen atoms in total. The van der Waals surface area contributed by atoms with E-state index in [2.05, 4.69) is 0 Å². The number of phenolic OH excluding ortho intramolecular Hbond substituents is 4. The molecule has 0 fully saturated rings. The third kappa shape index (κ3) is 3.75. The van der Waals surface area contributed by atoms with Crippen LogP contribution in [0.4, 0.5) is 0 Å². The number of aromatic hydroxyl groups is 4. The van der Waals surface area contributed by atoms with Gasteiger partial charge in [-0.2, -0.15) is 0 Å². The molecule has 0 saturated carbocycles. The van der Waals surface area contributed by atoms with E-state index in [4.69, 9.17) is 0 Å². The summed E-state index contributed by atoms with van der Waals surface area (Å²) in [4.78, 5) is 0. The van der Waals surface area contributed by atoms with Gasteiger partial charge in [0.05, 0.1) is 0 Å². The maximum absolute atomic E-state index is 9.69. The van der Waals surface area contributed by atoms with Gasteiger partial charge in [-0.05, 0) is 84.3 Å². The molecule has 0 unspecified atom stereocenters. The van der Waals surface area contributed by atoms with Crippen LogP contribution in [-0.2, 0) is 12.8 Å². The lowest BCUT2D eigenvalue weighted by molar-refractivity contribution is 0.403. The first kappa shape index (κ1) is 17.7. The Hall–Kier alpha value is -3.14. The van der Waals surface area contributed by atoms with Crippen LogP contribution < -0.4 is 0 Å². The zero-order chi connectivity index (χ0) is 18.8. The lowest BCUT2D eigenvalue weighted by atomic mass is 9.96. The molecule has 26 heavy (non-hydrogen) atoms. The zero-order valence-electron chi connectivity index (χ0n) is 14.8. The number of benzene rings is 3. The average molecular weight is 350 g/mol. The van der Waals surface area contributed by atoms with Crippen LogP contribution in [-0.4, -0.2) is 20.4 Å². The summed E-state index contributed by atoms with van der Waals surface area (Å²) >= 11 is 0. The smallest absolute Gasteiger partial charge is 0.157 e. The third-order valence-corrected chi connectivity index (χ3v) is 4.68. The first-order chi connectivity index (χ1) is 12.3. The molecule has 0 saturated heterocycles. The van der Waals surface area contributed by atoms with Gasteiger partial charge in [0.15, 0.2) is 23.0 Å². The van der Waals surface area contributed by atoms with Crippen LogP contribution in [0.2, 0.25) is 0 Å². The molecule has 0 aliphatic heterocycles. The Morgan fingerprint density at radius 1 is 0.538 bits per heavy atom. The molecule has 3 rings (SSSR count). The summed E-state index contributed by atoms with van der Waals surface area (Å²) in [6.45, 7) is 3.81. The number of rotatable bonds is 4. The lowest BCUT2D eigenvalue weighted by Crippen LogP contribution is -1.95. The second-order valence-electron chi connectivity index (χ2n) is 6.70. The first-order valence-corrected chi connectivity index (χ1v) is 8.44. The van der Waals surface area contributed by atoms with E-state index in [1.165, 1.54) is 0 Å². The van der Waals surface area contributed by atoms with Crippen molar-refractivity contribution in [1.29, 1.82) is 0 Å². The van der Waals surface area contributed by atoms with Crippen LogP contribution in [0.1, 0.15) is 33.4 Å². The molecule has 0 spiro atoms. The van der Waals surface area contributed by atoms with Crippen LogP contribution in [0.3, 0.4) is 0 Å². The first-order valence-electron chi connectivity index (χ1n) is 8.44. The highest BCUT2D eigenvalue weighted by atomic mass is 16.3. The molecule has 0 atom stereocenters. The Morgan fingerprint density at radius 2 is 0.846 bits per heavy atom.